The smallest absolute Gasteiger partial charge is 0.250 e. The van der Waals surface area contributed by atoms with Gasteiger partial charge < -0.3 is 5.32 Å². The molecular weight excluding hydrogens is 352 g/mol. The molecule has 0 saturated carbocycles. The number of carbonyl (C=O) groups excluding carboxylic acids is 1. The minimum Gasteiger partial charge on any atom is -0.332 e. The number of anilines is 1. The SMILES string of the molecule is CC[C@H](C)c1ccccc1NC(=S)NC(=O)/C=C/c1ccc(Cl)cc1. The summed E-state index contributed by atoms with van der Waals surface area (Å²) in [5, 5.41) is 6.71. The molecule has 2 rings (SSSR count). The monoisotopic (exact) mass is 372 g/mol. The average molecular weight is 373 g/mol. The molecule has 25 heavy (non-hydrogen) atoms. The Bertz CT molecular complexity index is 772. The summed E-state index contributed by atoms with van der Waals surface area (Å²) in [5.41, 5.74) is 2.99. The quantitative estimate of drug-likeness (QED) is 0.546. The van der Waals surface area contributed by atoms with Gasteiger partial charge in [0.25, 0.3) is 0 Å². The van der Waals surface area contributed by atoms with Crippen LogP contribution in [0.1, 0.15) is 37.3 Å². The molecule has 0 aliphatic rings. The molecule has 130 valence electrons. The molecule has 0 unspecified atom stereocenters. The van der Waals surface area contributed by atoms with Gasteiger partial charge in [0, 0.05) is 16.8 Å². The Morgan fingerprint density at radius 2 is 1.88 bits per heavy atom. The maximum Gasteiger partial charge on any atom is 0.250 e. The summed E-state index contributed by atoms with van der Waals surface area (Å²) in [6.07, 6.45) is 4.18. The van der Waals surface area contributed by atoms with Crippen molar-refractivity contribution in [2.24, 2.45) is 0 Å². The Kier molecular flexibility index (Phi) is 7.16. The van der Waals surface area contributed by atoms with Crippen molar-refractivity contribution in [1.82, 2.24) is 5.32 Å². The number of amides is 1. The number of thiocarbonyl (C=S) groups is 1. The van der Waals surface area contributed by atoms with Crippen LogP contribution in [0.15, 0.2) is 54.6 Å². The average Bonchev–Trinajstić information content (AvgIpc) is 2.61. The van der Waals surface area contributed by atoms with Crippen LogP contribution in [0.3, 0.4) is 0 Å². The van der Waals surface area contributed by atoms with Crippen molar-refractivity contribution in [1.29, 1.82) is 0 Å². The van der Waals surface area contributed by atoms with E-state index in [2.05, 4.69) is 30.5 Å². The molecule has 0 aromatic heterocycles. The fraction of sp³-hybridized carbons (Fsp3) is 0.200. The summed E-state index contributed by atoms with van der Waals surface area (Å²) in [4.78, 5) is 12.0. The third kappa shape index (κ3) is 6.00. The highest BCUT2D eigenvalue weighted by atomic mass is 35.5. The number of benzene rings is 2. The van der Waals surface area contributed by atoms with Gasteiger partial charge in [-0.15, -0.1) is 0 Å². The molecule has 0 spiro atoms. The first kappa shape index (κ1) is 19.2. The van der Waals surface area contributed by atoms with E-state index in [1.165, 1.54) is 11.6 Å². The van der Waals surface area contributed by atoms with Gasteiger partial charge in [-0.3, -0.25) is 10.1 Å². The van der Waals surface area contributed by atoms with Crippen molar-refractivity contribution in [3.8, 4) is 0 Å². The third-order valence-corrected chi connectivity index (χ3v) is 4.34. The summed E-state index contributed by atoms with van der Waals surface area (Å²) in [7, 11) is 0. The number of rotatable bonds is 5. The molecule has 2 aromatic carbocycles. The van der Waals surface area contributed by atoms with E-state index in [-0.39, 0.29) is 11.0 Å². The largest absolute Gasteiger partial charge is 0.332 e. The maximum atomic E-state index is 12.0. The van der Waals surface area contributed by atoms with Crippen LogP contribution in [0.25, 0.3) is 6.08 Å². The second kappa shape index (κ2) is 9.35. The minimum atomic E-state index is -0.284. The first-order chi connectivity index (χ1) is 12.0. The summed E-state index contributed by atoms with van der Waals surface area (Å²) >= 11 is 11.1. The Hall–Kier alpha value is -2.17. The molecule has 0 aliphatic carbocycles. The lowest BCUT2D eigenvalue weighted by Crippen LogP contribution is -2.33. The van der Waals surface area contributed by atoms with E-state index in [4.69, 9.17) is 23.8 Å². The van der Waals surface area contributed by atoms with Crippen molar-refractivity contribution in [2.45, 2.75) is 26.2 Å². The van der Waals surface area contributed by atoms with E-state index < -0.39 is 0 Å². The highest BCUT2D eigenvalue weighted by molar-refractivity contribution is 7.80. The Morgan fingerprint density at radius 1 is 1.20 bits per heavy atom. The van der Waals surface area contributed by atoms with Crippen LogP contribution >= 0.6 is 23.8 Å². The van der Waals surface area contributed by atoms with E-state index in [9.17, 15) is 4.79 Å². The van der Waals surface area contributed by atoms with Crippen LogP contribution in [-0.2, 0) is 4.79 Å². The zero-order valence-corrected chi connectivity index (χ0v) is 15.8. The second-order valence-corrected chi connectivity index (χ2v) is 6.57. The van der Waals surface area contributed by atoms with Gasteiger partial charge in [-0.05, 0) is 60.0 Å². The highest BCUT2D eigenvalue weighted by Gasteiger charge is 2.10. The standard InChI is InChI=1S/C20H21ClN2OS/c1-3-14(2)17-6-4-5-7-18(17)22-20(25)23-19(24)13-10-15-8-11-16(21)12-9-15/h4-14H,3H2,1-2H3,(H2,22,23,24,25)/b13-10+/t14-/m0/s1. The molecule has 3 nitrogen and oxygen atoms in total. The topological polar surface area (TPSA) is 41.1 Å². The lowest BCUT2D eigenvalue weighted by molar-refractivity contribution is -0.115. The summed E-state index contributed by atoms with van der Waals surface area (Å²) in [6, 6.07) is 15.2. The molecule has 0 aliphatic heterocycles. The molecule has 1 atom stereocenters. The van der Waals surface area contributed by atoms with Crippen LogP contribution in [0.2, 0.25) is 5.02 Å². The van der Waals surface area contributed by atoms with Crippen molar-refractivity contribution in [3.63, 3.8) is 0 Å². The van der Waals surface area contributed by atoms with Gasteiger partial charge in [0.05, 0.1) is 0 Å². The van der Waals surface area contributed by atoms with E-state index >= 15 is 0 Å². The first-order valence-corrected chi connectivity index (χ1v) is 8.92. The van der Waals surface area contributed by atoms with Gasteiger partial charge in [-0.2, -0.15) is 0 Å². The summed E-state index contributed by atoms with van der Waals surface area (Å²) < 4.78 is 0. The van der Waals surface area contributed by atoms with Crippen LogP contribution in [0, 0.1) is 0 Å². The third-order valence-electron chi connectivity index (χ3n) is 3.89. The Morgan fingerprint density at radius 3 is 2.56 bits per heavy atom. The van der Waals surface area contributed by atoms with E-state index in [0.29, 0.717) is 10.9 Å². The lowest BCUT2D eigenvalue weighted by Gasteiger charge is -2.16. The lowest BCUT2D eigenvalue weighted by atomic mass is 9.97. The fourth-order valence-electron chi connectivity index (χ4n) is 2.31. The first-order valence-electron chi connectivity index (χ1n) is 8.14. The van der Waals surface area contributed by atoms with E-state index in [0.717, 1.165) is 17.7 Å². The molecule has 0 radical (unpaired) electrons. The van der Waals surface area contributed by atoms with Crippen LogP contribution in [0.4, 0.5) is 5.69 Å². The number of para-hydroxylation sites is 1. The molecule has 2 N–H and O–H groups in total. The molecule has 0 heterocycles. The zero-order valence-electron chi connectivity index (χ0n) is 14.3. The number of hydrogen-bond donors (Lipinski definition) is 2. The minimum absolute atomic E-state index is 0.279. The Labute approximate surface area is 159 Å². The predicted octanol–water partition coefficient (Wildman–Crippen LogP) is 5.38. The van der Waals surface area contributed by atoms with Crippen LogP contribution < -0.4 is 10.6 Å². The van der Waals surface area contributed by atoms with E-state index in [1.807, 2.05) is 30.3 Å². The number of hydrogen-bond acceptors (Lipinski definition) is 2. The molecule has 0 bridgehead atoms. The number of carbonyl (C=O) groups is 1. The van der Waals surface area contributed by atoms with Gasteiger partial charge in [-0.1, -0.05) is 55.8 Å². The van der Waals surface area contributed by atoms with Crippen molar-refractivity contribution >= 4 is 46.6 Å². The highest BCUT2D eigenvalue weighted by Crippen LogP contribution is 2.26. The molecule has 5 heteroatoms. The zero-order chi connectivity index (χ0) is 18.2. The fourth-order valence-corrected chi connectivity index (χ4v) is 2.65. The molecule has 0 saturated heterocycles. The molecular formula is C20H21ClN2OS. The summed E-state index contributed by atoms with van der Waals surface area (Å²) in [6.45, 7) is 4.31. The van der Waals surface area contributed by atoms with Gasteiger partial charge in [0.15, 0.2) is 5.11 Å². The van der Waals surface area contributed by atoms with Crippen LogP contribution in [-0.4, -0.2) is 11.0 Å². The molecule has 0 fully saturated rings. The van der Waals surface area contributed by atoms with Gasteiger partial charge in [-0.25, -0.2) is 0 Å². The normalized spacial score (nSPS) is 12.0. The maximum absolute atomic E-state index is 12.0. The molecule has 1 amide bonds. The predicted molar refractivity (Wildman–Crippen MR) is 110 cm³/mol. The van der Waals surface area contributed by atoms with Crippen molar-refractivity contribution in [3.05, 3.63) is 70.8 Å². The van der Waals surface area contributed by atoms with Crippen molar-refractivity contribution in [2.75, 3.05) is 5.32 Å². The van der Waals surface area contributed by atoms with Crippen LogP contribution in [0.5, 0.6) is 0 Å². The summed E-state index contributed by atoms with van der Waals surface area (Å²) in [5.74, 6) is 0.125. The van der Waals surface area contributed by atoms with Crippen molar-refractivity contribution < 1.29 is 4.79 Å². The molecule has 2 aromatic rings. The number of halogens is 1. The van der Waals surface area contributed by atoms with Gasteiger partial charge >= 0.3 is 0 Å². The Balaban J connectivity index is 1.96. The number of nitrogens with one attached hydrogen (secondary N) is 2. The van der Waals surface area contributed by atoms with Gasteiger partial charge in [0.1, 0.15) is 0 Å². The second-order valence-electron chi connectivity index (χ2n) is 5.72. The van der Waals surface area contributed by atoms with E-state index in [1.54, 1.807) is 18.2 Å². The van der Waals surface area contributed by atoms with Gasteiger partial charge in [0.2, 0.25) is 5.91 Å².